The smallest absolute Gasteiger partial charge is 0.258 e. The summed E-state index contributed by atoms with van der Waals surface area (Å²) in [5.41, 5.74) is 2.21. The van der Waals surface area contributed by atoms with E-state index in [2.05, 4.69) is 20.5 Å². The Morgan fingerprint density at radius 3 is 3.04 bits per heavy atom. The maximum Gasteiger partial charge on any atom is 0.258 e. The van der Waals surface area contributed by atoms with Crippen molar-refractivity contribution in [3.63, 3.8) is 0 Å². The molecule has 0 atom stereocenters. The molecule has 0 fully saturated rings. The van der Waals surface area contributed by atoms with Crippen molar-refractivity contribution < 1.29 is 4.42 Å². The van der Waals surface area contributed by atoms with Crippen molar-refractivity contribution in [2.24, 2.45) is 0 Å². The van der Waals surface area contributed by atoms with Gasteiger partial charge in [-0.3, -0.25) is 9.20 Å². The number of aryl methyl sites for hydroxylation is 1. The lowest BCUT2D eigenvalue weighted by molar-refractivity contribution is 0.462. The fourth-order valence-corrected chi connectivity index (χ4v) is 3.24. The first-order chi connectivity index (χ1) is 12.2. The van der Waals surface area contributed by atoms with Gasteiger partial charge in [0.2, 0.25) is 5.16 Å². The molecular formula is C16H14N6O2S. The molecule has 9 heteroatoms. The van der Waals surface area contributed by atoms with Gasteiger partial charge in [-0.25, -0.2) is 9.67 Å². The predicted octanol–water partition coefficient (Wildman–Crippen LogP) is 1.92. The number of furan rings is 1. The molecule has 0 bridgehead atoms. The van der Waals surface area contributed by atoms with Crippen LogP contribution in [-0.2, 0) is 12.3 Å². The van der Waals surface area contributed by atoms with E-state index >= 15 is 0 Å². The first-order valence-electron chi connectivity index (χ1n) is 7.60. The normalized spacial score (nSPS) is 11.2. The summed E-state index contributed by atoms with van der Waals surface area (Å²) in [6.07, 6.45) is 3.33. The number of fused-ring (bicyclic) bond motifs is 1. The van der Waals surface area contributed by atoms with Gasteiger partial charge in [0.05, 0.1) is 12.0 Å². The number of hydrogen-bond donors (Lipinski definition) is 0. The average molecular weight is 354 g/mol. The van der Waals surface area contributed by atoms with Gasteiger partial charge in [0.1, 0.15) is 18.0 Å². The molecular weight excluding hydrogens is 340 g/mol. The standard InChI is InChI=1S/C16H14N6O2S/c1-11-4-2-6-21-14(23)8-12(17-15(11)21)10-25-16-18-19-20-22(16)9-13-5-3-7-24-13/h2-8H,9-10H2,1H3. The molecule has 25 heavy (non-hydrogen) atoms. The van der Waals surface area contributed by atoms with Gasteiger partial charge in [-0.1, -0.05) is 17.8 Å². The summed E-state index contributed by atoms with van der Waals surface area (Å²) >= 11 is 1.43. The number of thioether (sulfide) groups is 1. The molecule has 0 aliphatic rings. The minimum absolute atomic E-state index is 0.0977. The molecule has 0 radical (unpaired) electrons. The van der Waals surface area contributed by atoms with Gasteiger partial charge in [0.15, 0.2) is 0 Å². The number of tetrazole rings is 1. The van der Waals surface area contributed by atoms with Gasteiger partial charge in [-0.15, -0.1) is 5.10 Å². The van der Waals surface area contributed by atoms with Crippen LogP contribution in [0.25, 0.3) is 5.65 Å². The van der Waals surface area contributed by atoms with Gasteiger partial charge in [-0.05, 0) is 41.1 Å². The van der Waals surface area contributed by atoms with Crippen molar-refractivity contribution in [1.29, 1.82) is 0 Å². The number of hydrogen-bond acceptors (Lipinski definition) is 7. The molecule has 0 N–H and O–H groups in total. The Labute approximate surface area is 146 Å². The predicted molar refractivity (Wildman–Crippen MR) is 91.4 cm³/mol. The lowest BCUT2D eigenvalue weighted by Crippen LogP contribution is -2.15. The minimum Gasteiger partial charge on any atom is -0.467 e. The van der Waals surface area contributed by atoms with Gasteiger partial charge < -0.3 is 4.42 Å². The second-order valence-corrected chi connectivity index (χ2v) is 6.40. The van der Waals surface area contributed by atoms with E-state index in [-0.39, 0.29) is 5.56 Å². The van der Waals surface area contributed by atoms with Crippen LogP contribution in [0, 0.1) is 6.92 Å². The fraction of sp³-hybridized carbons (Fsp3) is 0.188. The Balaban J connectivity index is 1.56. The maximum atomic E-state index is 12.2. The number of nitrogens with zero attached hydrogens (tertiary/aromatic N) is 6. The highest BCUT2D eigenvalue weighted by molar-refractivity contribution is 7.98. The molecule has 4 heterocycles. The second kappa shape index (κ2) is 6.52. The van der Waals surface area contributed by atoms with Crippen LogP contribution in [0.2, 0.25) is 0 Å². The molecule has 126 valence electrons. The highest BCUT2D eigenvalue weighted by Gasteiger charge is 2.11. The first kappa shape index (κ1) is 15.6. The van der Waals surface area contributed by atoms with Crippen LogP contribution in [0.5, 0.6) is 0 Å². The Hall–Kier alpha value is -2.94. The molecule has 0 saturated heterocycles. The van der Waals surface area contributed by atoms with Crippen LogP contribution < -0.4 is 5.56 Å². The van der Waals surface area contributed by atoms with E-state index < -0.39 is 0 Å². The largest absolute Gasteiger partial charge is 0.467 e. The van der Waals surface area contributed by atoms with E-state index in [1.54, 1.807) is 27.6 Å². The number of aromatic nitrogens is 6. The van der Waals surface area contributed by atoms with Gasteiger partial charge in [-0.2, -0.15) is 0 Å². The van der Waals surface area contributed by atoms with Crippen LogP contribution in [-0.4, -0.2) is 29.6 Å². The van der Waals surface area contributed by atoms with Crippen LogP contribution >= 0.6 is 11.8 Å². The van der Waals surface area contributed by atoms with Crippen LogP contribution in [0.15, 0.2) is 57.2 Å². The Morgan fingerprint density at radius 2 is 2.20 bits per heavy atom. The molecule has 4 aromatic heterocycles. The molecule has 0 spiro atoms. The summed E-state index contributed by atoms with van der Waals surface area (Å²) in [7, 11) is 0. The van der Waals surface area contributed by atoms with Gasteiger partial charge in [0, 0.05) is 18.0 Å². The summed E-state index contributed by atoms with van der Waals surface area (Å²) in [5, 5.41) is 12.4. The highest BCUT2D eigenvalue weighted by atomic mass is 32.2. The molecule has 0 aliphatic heterocycles. The summed E-state index contributed by atoms with van der Waals surface area (Å²) in [5.74, 6) is 1.27. The van der Waals surface area contributed by atoms with E-state index in [4.69, 9.17) is 4.42 Å². The monoisotopic (exact) mass is 354 g/mol. The topological polar surface area (TPSA) is 91.1 Å². The average Bonchev–Trinajstić information content (AvgIpc) is 3.26. The van der Waals surface area contributed by atoms with Gasteiger partial charge >= 0.3 is 0 Å². The van der Waals surface area contributed by atoms with E-state index in [0.29, 0.717) is 28.8 Å². The van der Waals surface area contributed by atoms with Crippen molar-refractivity contribution in [2.45, 2.75) is 24.4 Å². The Kier molecular flexibility index (Phi) is 4.06. The van der Waals surface area contributed by atoms with Crippen LogP contribution in [0.3, 0.4) is 0 Å². The molecule has 0 aromatic carbocycles. The van der Waals surface area contributed by atoms with E-state index in [1.807, 2.05) is 31.2 Å². The van der Waals surface area contributed by atoms with Crippen molar-refractivity contribution in [1.82, 2.24) is 29.6 Å². The zero-order valence-electron chi connectivity index (χ0n) is 13.4. The lowest BCUT2D eigenvalue weighted by Gasteiger charge is -2.06. The third-order valence-corrected chi connectivity index (χ3v) is 4.66. The van der Waals surface area contributed by atoms with Crippen LogP contribution in [0.4, 0.5) is 0 Å². The molecule has 0 unspecified atom stereocenters. The second-order valence-electron chi connectivity index (χ2n) is 5.46. The summed E-state index contributed by atoms with van der Waals surface area (Å²) in [6.45, 7) is 2.39. The maximum absolute atomic E-state index is 12.2. The molecule has 8 nitrogen and oxygen atoms in total. The third-order valence-electron chi connectivity index (χ3n) is 3.67. The molecule has 4 aromatic rings. The quantitative estimate of drug-likeness (QED) is 0.506. The van der Waals surface area contributed by atoms with Crippen molar-refractivity contribution in [3.8, 4) is 0 Å². The van der Waals surface area contributed by atoms with Crippen molar-refractivity contribution in [3.05, 3.63) is 70.2 Å². The van der Waals surface area contributed by atoms with Crippen molar-refractivity contribution in [2.75, 3.05) is 0 Å². The molecule has 0 amide bonds. The minimum atomic E-state index is -0.0977. The lowest BCUT2D eigenvalue weighted by atomic mass is 10.3. The summed E-state index contributed by atoms with van der Waals surface area (Å²) in [4.78, 5) is 16.8. The van der Waals surface area contributed by atoms with E-state index in [1.165, 1.54) is 11.8 Å². The van der Waals surface area contributed by atoms with Crippen LogP contribution in [0.1, 0.15) is 17.0 Å². The molecule has 0 aliphatic carbocycles. The van der Waals surface area contributed by atoms with Gasteiger partial charge in [0.25, 0.3) is 5.56 Å². The molecule has 4 rings (SSSR count). The summed E-state index contributed by atoms with van der Waals surface area (Å²) in [6, 6.07) is 9.00. The molecule has 0 saturated carbocycles. The zero-order valence-corrected chi connectivity index (χ0v) is 14.2. The van der Waals surface area contributed by atoms with E-state index in [0.717, 1.165) is 11.3 Å². The van der Waals surface area contributed by atoms with Crippen molar-refractivity contribution >= 4 is 17.4 Å². The fourth-order valence-electron chi connectivity index (χ4n) is 2.47. The first-order valence-corrected chi connectivity index (χ1v) is 8.58. The Bertz CT molecular complexity index is 1070. The zero-order chi connectivity index (χ0) is 17.2. The summed E-state index contributed by atoms with van der Waals surface area (Å²) < 4.78 is 8.52. The SMILES string of the molecule is Cc1cccn2c(=O)cc(CSc3nnnn3Cc3ccco3)nc12. The number of rotatable bonds is 5. The Morgan fingerprint density at radius 1 is 1.28 bits per heavy atom. The van der Waals surface area contributed by atoms with E-state index in [9.17, 15) is 4.79 Å². The highest BCUT2D eigenvalue weighted by Crippen LogP contribution is 2.20. The third kappa shape index (κ3) is 3.18. The number of pyridine rings is 1.